The van der Waals surface area contributed by atoms with Gasteiger partial charge in [0.1, 0.15) is 11.3 Å². The molecule has 0 saturated carbocycles. The van der Waals surface area contributed by atoms with Gasteiger partial charge in [0.2, 0.25) is 0 Å². The van der Waals surface area contributed by atoms with E-state index in [1.54, 1.807) is 0 Å². The topological polar surface area (TPSA) is 50.4 Å². The van der Waals surface area contributed by atoms with Gasteiger partial charge in [-0.05, 0) is 53.6 Å². The third-order valence-electron chi connectivity index (χ3n) is 5.18. The van der Waals surface area contributed by atoms with Crippen LogP contribution < -0.4 is 5.63 Å². The van der Waals surface area contributed by atoms with Gasteiger partial charge in [-0.2, -0.15) is 0 Å². The highest BCUT2D eigenvalue weighted by Crippen LogP contribution is 2.36. The Hall–Kier alpha value is -2.55. The first-order chi connectivity index (χ1) is 12.2. The minimum absolute atomic E-state index is 0.225. The van der Waals surface area contributed by atoms with Crippen LogP contribution in [-0.4, -0.2) is 5.11 Å². The molecule has 0 bridgehead atoms. The average molecular weight is 334 g/mol. The molecule has 1 aliphatic rings. The number of hydrogen-bond donors (Lipinski definition) is 1. The van der Waals surface area contributed by atoms with Crippen LogP contribution in [0.25, 0.3) is 11.0 Å². The molecule has 0 amide bonds. The number of fused-ring (bicyclic) bond motifs is 4. The summed E-state index contributed by atoms with van der Waals surface area (Å²) in [6.45, 7) is 2.17. The molecule has 3 nitrogen and oxygen atoms in total. The molecule has 128 valence electrons. The summed E-state index contributed by atoms with van der Waals surface area (Å²) in [6.07, 6.45) is 5.51. The fourth-order valence-electron chi connectivity index (χ4n) is 3.86. The lowest BCUT2D eigenvalue weighted by atomic mass is 9.85. The van der Waals surface area contributed by atoms with Gasteiger partial charge in [-0.15, -0.1) is 0 Å². The fraction of sp³-hybridized carbons (Fsp3) is 0.318. The number of phenolic OH excluding ortho intramolecular Hbond substituents is 1. The van der Waals surface area contributed by atoms with Gasteiger partial charge in [-0.25, -0.2) is 4.79 Å². The SMILES string of the molecule is CCCCCc1cc(O)c2c3c(c(=O)oc2c1)Cc1ccccc1C3. The Labute approximate surface area is 146 Å². The molecule has 0 fully saturated rings. The van der Waals surface area contributed by atoms with E-state index in [0.717, 1.165) is 42.4 Å². The smallest absolute Gasteiger partial charge is 0.340 e. The first kappa shape index (κ1) is 15.9. The normalized spacial score (nSPS) is 12.8. The minimum Gasteiger partial charge on any atom is -0.507 e. The molecule has 1 heterocycles. The van der Waals surface area contributed by atoms with Crippen LogP contribution in [0.5, 0.6) is 5.75 Å². The zero-order valence-corrected chi connectivity index (χ0v) is 14.5. The molecule has 2 aromatic carbocycles. The van der Waals surface area contributed by atoms with Gasteiger partial charge < -0.3 is 9.52 Å². The van der Waals surface area contributed by atoms with Crippen molar-refractivity contribution in [3.8, 4) is 5.75 Å². The average Bonchev–Trinajstić information content (AvgIpc) is 2.60. The largest absolute Gasteiger partial charge is 0.507 e. The molecule has 0 saturated heterocycles. The predicted octanol–water partition coefficient (Wildman–Crippen LogP) is 4.73. The zero-order chi connectivity index (χ0) is 17.4. The number of benzene rings is 2. The van der Waals surface area contributed by atoms with Crippen molar-refractivity contribution in [2.45, 2.75) is 45.4 Å². The van der Waals surface area contributed by atoms with Crippen molar-refractivity contribution in [2.75, 3.05) is 0 Å². The van der Waals surface area contributed by atoms with E-state index in [2.05, 4.69) is 19.1 Å². The summed E-state index contributed by atoms with van der Waals surface area (Å²) in [6, 6.07) is 11.9. The van der Waals surface area contributed by atoms with E-state index in [1.807, 2.05) is 24.3 Å². The van der Waals surface area contributed by atoms with E-state index in [1.165, 1.54) is 5.56 Å². The van der Waals surface area contributed by atoms with Crippen molar-refractivity contribution in [1.82, 2.24) is 0 Å². The quantitative estimate of drug-likeness (QED) is 0.434. The summed E-state index contributed by atoms with van der Waals surface area (Å²) >= 11 is 0. The molecule has 4 rings (SSSR count). The van der Waals surface area contributed by atoms with Crippen molar-refractivity contribution >= 4 is 11.0 Å². The molecule has 1 aromatic heterocycles. The fourth-order valence-corrected chi connectivity index (χ4v) is 3.86. The van der Waals surface area contributed by atoms with E-state index in [0.29, 0.717) is 29.4 Å². The lowest BCUT2D eigenvalue weighted by Crippen LogP contribution is -2.18. The van der Waals surface area contributed by atoms with Crippen LogP contribution in [0.1, 0.15) is 54.0 Å². The van der Waals surface area contributed by atoms with Crippen LogP contribution in [0.4, 0.5) is 0 Å². The molecule has 1 aliphatic carbocycles. The summed E-state index contributed by atoms with van der Waals surface area (Å²) < 4.78 is 5.59. The third kappa shape index (κ3) is 2.84. The molecule has 25 heavy (non-hydrogen) atoms. The van der Waals surface area contributed by atoms with Gasteiger partial charge in [0.05, 0.1) is 5.39 Å². The number of unbranched alkanes of at least 4 members (excludes halogenated alkanes) is 2. The summed E-state index contributed by atoms with van der Waals surface area (Å²) in [5.74, 6) is 0.225. The van der Waals surface area contributed by atoms with Crippen LogP contribution in [-0.2, 0) is 19.3 Å². The van der Waals surface area contributed by atoms with E-state index in [-0.39, 0.29) is 11.4 Å². The molecule has 3 aromatic rings. The second-order valence-corrected chi connectivity index (χ2v) is 6.91. The highest BCUT2D eigenvalue weighted by Gasteiger charge is 2.23. The lowest BCUT2D eigenvalue weighted by molar-refractivity contribution is 0.476. The first-order valence-corrected chi connectivity index (χ1v) is 9.04. The molecule has 0 aliphatic heterocycles. The molecule has 3 heteroatoms. The third-order valence-corrected chi connectivity index (χ3v) is 5.18. The minimum atomic E-state index is -0.276. The highest BCUT2D eigenvalue weighted by atomic mass is 16.4. The Morgan fingerprint density at radius 1 is 1.04 bits per heavy atom. The van der Waals surface area contributed by atoms with Crippen molar-refractivity contribution < 1.29 is 9.52 Å². The molecule has 1 N–H and O–H groups in total. The molecular weight excluding hydrogens is 312 g/mol. The first-order valence-electron chi connectivity index (χ1n) is 9.04. The number of phenols is 1. The Morgan fingerprint density at radius 2 is 1.76 bits per heavy atom. The van der Waals surface area contributed by atoms with Crippen LogP contribution in [0.2, 0.25) is 0 Å². The van der Waals surface area contributed by atoms with Gasteiger partial charge >= 0.3 is 5.63 Å². The molecule has 0 unspecified atom stereocenters. The van der Waals surface area contributed by atoms with Gasteiger partial charge in [0.25, 0.3) is 0 Å². The van der Waals surface area contributed by atoms with Crippen molar-refractivity contribution in [3.63, 3.8) is 0 Å². The Kier molecular flexibility index (Phi) is 4.08. The molecule has 0 atom stereocenters. The van der Waals surface area contributed by atoms with Crippen LogP contribution >= 0.6 is 0 Å². The lowest BCUT2D eigenvalue weighted by Gasteiger charge is -2.20. The maximum atomic E-state index is 12.5. The van der Waals surface area contributed by atoms with Crippen LogP contribution in [0.15, 0.2) is 45.6 Å². The highest BCUT2D eigenvalue weighted by molar-refractivity contribution is 5.89. The van der Waals surface area contributed by atoms with Gasteiger partial charge in [0.15, 0.2) is 0 Å². The summed E-state index contributed by atoms with van der Waals surface area (Å²) in [4.78, 5) is 12.5. The monoisotopic (exact) mass is 334 g/mol. The molecule has 0 radical (unpaired) electrons. The van der Waals surface area contributed by atoms with E-state index in [4.69, 9.17) is 4.42 Å². The standard InChI is InChI=1S/C22H22O3/c1-2-3-4-7-14-10-19(23)21-17-12-15-8-5-6-9-16(15)13-18(17)22(24)25-20(21)11-14/h5-6,8-11,23H,2-4,7,12-13H2,1H3. The van der Waals surface area contributed by atoms with E-state index >= 15 is 0 Å². The summed E-state index contributed by atoms with van der Waals surface area (Å²) in [5.41, 5.74) is 5.24. The number of aryl methyl sites for hydroxylation is 1. The van der Waals surface area contributed by atoms with Crippen molar-refractivity contribution in [2.24, 2.45) is 0 Å². The van der Waals surface area contributed by atoms with Crippen molar-refractivity contribution in [3.05, 3.63) is 74.6 Å². The second-order valence-electron chi connectivity index (χ2n) is 6.91. The van der Waals surface area contributed by atoms with Crippen LogP contribution in [0.3, 0.4) is 0 Å². The predicted molar refractivity (Wildman–Crippen MR) is 99.4 cm³/mol. The number of hydrogen-bond acceptors (Lipinski definition) is 3. The molecular formula is C22H22O3. The maximum Gasteiger partial charge on any atom is 0.340 e. The van der Waals surface area contributed by atoms with E-state index < -0.39 is 0 Å². The summed E-state index contributed by atoms with van der Waals surface area (Å²) in [5, 5.41) is 11.3. The van der Waals surface area contributed by atoms with Gasteiger partial charge in [-0.3, -0.25) is 0 Å². The summed E-state index contributed by atoms with van der Waals surface area (Å²) in [7, 11) is 0. The number of aromatic hydroxyl groups is 1. The Morgan fingerprint density at radius 3 is 2.48 bits per heavy atom. The van der Waals surface area contributed by atoms with Crippen LogP contribution in [0, 0.1) is 0 Å². The number of rotatable bonds is 4. The zero-order valence-electron chi connectivity index (χ0n) is 14.5. The Bertz CT molecular complexity index is 998. The Balaban J connectivity index is 1.84. The van der Waals surface area contributed by atoms with E-state index in [9.17, 15) is 9.90 Å². The maximum absolute atomic E-state index is 12.5. The second kappa shape index (κ2) is 6.40. The van der Waals surface area contributed by atoms with Gasteiger partial charge in [-0.1, -0.05) is 44.0 Å². The molecule has 0 spiro atoms. The van der Waals surface area contributed by atoms with Crippen molar-refractivity contribution in [1.29, 1.82) is 0 Å². The van der Waals surface area contributed by atoms with Gasteiger partial charge in [0, 0.05) is 12.0 Å².